The minimum atomic E-state index is -0.698. The van der Waals surface area contributed by atoms with Gasteiger partial charge in [-0.15, -0.1) is 0 Å². The lowest BCUT2D eigenvalue weighted by molar-refractivity contribution is -0.125. The van der Waals surface area contributed by atoms with E-state index in [1.807, 2.05) is 24.3 Å². The molecule has 104 valence electrons. The lowest BCUT2D eigenvalue weighted by Crippen LogP contribution is -2.63. The minimum Gasteiger partial charge on any atom is -0.370 e. The summed E-state index contributed by atoms with van der Waals surface area (Å²) in [6.45, 7) is 4.23. The molecule has 1 unspecified atom stereocenters. The summed E-state index contributed by atoms with van der Waals surface area (Å²) in [7, 11) is 0. The Bertz CT molecular complexity index is 492. The standard InChI is InChI=1S/C14H19BrN2OS/c1-13(2)6-7-19-9-14(13,12(16)18)17-11-5-3-4-10(15)8-11/h3-5,8,17H,6-7,9H2,1-2H3,(H2,16,18). The summed E-state index contributed by atoms with van der Waals surface area (Å²) in [4.78, 5) is 12.1. The number of hydrogen-bond donors (Lipinski definition) is 2. The van der Waals surface area contributed by atoms with Crippen molar-refractivity contribution in [1.29, 1.82) is 0 Å². The maximum absolute atomic E-state index is 12.1. The number of carbonyl (C=O) groups excluding carboxylic acids is 1. The third-order valence-corrected chi connectivity index (χ3v) is 5.57. The van der Waals surface area contributed by atoms with Crippen molar-refractivity contribution in [3.05, 3.63) is 28.7 Å². The highest BCUT2D eigenvalue weighted by molar-refractivity contribution is 9.10. The first-order valence-electron chi connectivity index (χ1n) is 6.29. The van der Waals surface area contributed by atoms with Crippen LogP contribution in [0.5, 0.6) is 0 Å². The lowest BCUT2D eigenvalue weighted by atomic mass is 9.70. The molecule has 1 amide bonds. The number of rotatable bonds is 3. The van der Waals surface area contributed by atoms with Crippen LogP contribution < -0.4 is 11.1 Å². The third kappa shape index (κ3) is 2.77. The van der Waals surface area contributed by atoms with E-state index in [0.29, 0.717) is 5.75 Å². The van der Waals surface area contributed by atoms with Crippen molar-refractivity contribution < 1.29 is 4.79 Å². The van der Waals surface area contributed by atoms with Gasteiger partial charge in [0.25, 0.3) is 0 Å². The van der Waals surface area contributed by atoms with Crippen LogP contribution in [-0.2, 0) is 4.79 Å². The van der Waals surface area contributed by atoms with Crippen molar-refractivity contribution in [3.63, 3.8) is 0 Å². The second-order valence-electron chi connectivity index (χ2n) is 5.59. The molecular formula is C14H19BrN2OS. The second-order valence-corrected chi connectivity index (χ2v) is 7.61. The van der Waals surface area contributed by atoms with Crippen LogP contribution in [0.4, 0.5) is 5.69 Å². The highest BCUT2D eigenvalue weighted by atomic mass is 79.9. The number of hydrogen-bond acceptors (Lipinski definition) is 3. The van der Waals surface area contributed by atoms with Crippen LogP contribution in [0.25, 0.3) is 0 Å². The lowest BCUT2D eigenvalue weighted by Gasteiger charge is -2.48. The zero-order valence-corrected chi connectivity index (χ0v) is 13.6. The van der Waals surface area contributed by atoms with E-state index < -0.39 is 5.54 Å². The summed E-state index contributed by atoms with van der Waals surface area (Å²) in [6.07, 6.45) is 0.974. The number of primary amides is 1. The number of benzene rings is 1. The average molecular weight is 343 g/mol. The van der Waals surface area contributed by atoms with Gasteiger partial charge in [-0.1, -0.05) is 35.8 Å². The molecule has 0 spiro atoms. The fourth-order valence-corrected chi connectivity index (χ4v) is 4.56. The first-order valence-corrected chi connectivity index (χ1v) is 8.24. The molecule has 1 aromatic rings. The minimum absolute atomic E-state index is 0.160. The smallest absolute Gasteiger partial charge is 0.244 e. The number of thioether (sulfide) groups is 1. The Morgan fingerprint density at radius 2 is 2.21 bits per heavy atom. The van der Waals surface area contributed by atoms with Gasteiger partial charge in [0.15, 0.2) is 0 Å². The highest BCUT2D eigenvalue weighted by Crippen LogP contribution is 2.44. The van der Waals surface area contributed by atoms with Crippen LogP contribution in [-0.4, -0.2) is 23.0 Å². The monoisotopic (exact) mass is 342 g/mol. The van der Waals surface area contributed by atoms with E-state index in [9.17, 15) is 4.79 Å². The van der Waals surface area contributed by atoms with Gasteiger partial charge in [-0.05, 0) is 35.8 Å². The predicted molar refractivity (Wildman–Crippen MR) is 85.4 cm³/mol. The molecule has 0 saturated carbocycles. The zero-order valence-electron chi connectivity index (χ0n) is 11.2. The topological polar surface area (TPSA) is 55.1 Å². The zero-order chi connectivity index (χ0) is 14.1. The van der Waals surface area contributed by atoms with Crippen LogP contribution in [0.2, 0.25) is 0 Å². The number of nitrogens with one attached hydrogen (secondary N) is 1. The Kier molecular flexibility index (Phi) is 4.16. The summed E-state index contributed by atoms with van der Waals surface area (Å²) in [5.74, 6) is 1.51. The van der Waals surface area contributed by atoms with Crippen LogP contribution >= 0.6 is 27.7 Å². The SMILES string of the molecule is CC1(C)CCSCC1(Nc1cccc(Br)c1)C(N)=O. The summed E-state index contributed by atoms with van der Waals surface area (Å²) in [6, 6.07) is 7.85. The van der Waals surface area contributed by atoms with Gasteiger partial charge < -0.3 is 11.1 Å². The van der Waals surface area contributed by atoms with Crippen molar-refractivity contribution in [1.82, 2.24) is 0 Å². The van der Waals surface area contributed by atoms with E-state index in [2.05, 4.69) is 35.1 Å². The van der Waals surface area contributed by atoms with Gasteiger partial charge >= 0.3 is 0 Å². The number of halogens is 1. The van der Waals surface area contributed by atoms with Crippen LogP contribution in [0.3, 0.4) is 0 Å². The summed E-state index contributed by atoms with van der Waals surface area (Å²) in [5.41, 5.74) is 5.80. The average Bonchev–Trinajstić information content (AvgIpc) is 2.31. The molecule has 1 saturated heterocycles. The van der Waals surface area contributed by atoms with Crippen molar-refractivity contribution in [3.8, 4) is 0 Å². The number of carbonyl (C=O) groups is 1. The molecule has 0 radical (unpaired) electrons. The van der Waals surface area contributed by atoms with Crippen LogP contribution in [0.1, 0.15) is 20.3 Å². The van der Waals surface area contributed by atoms with E-state index in [-0.39, 0.29) is 11.3 Å². The van der Waals surface area contributed by atoms with E-state index in [0.717, 1.165) is 22.3 Å². The third-order valence-electron chi connectivity index (χ3n) is 3.95. The van der Waals surface area contributed by atoms with Crippen molar-refractivity contribution in [2.45, 2.75) is 25.8 Å². The molecule has 1 heterocycles. The summed E-state index contributed by atoms with van der Waals surface area (Å²) < 4.78 is 0.985. The largest absolute Gasteiger partial charge is 0.370 e. The molecule has 0 bridgehead atoms. The summed E-state index contributed by atoms with van der Waals surface area (Å²) >= 11 is 5.23. The van der Waals surface area contributed by atoms with Gasteiger partial charge in [-0.2, -0.15) is 11.8 Å². The Morgan fingerprint density at radius 3 is 2.79 bits per heavy atom. The number of anilines is 1. The van der Waals surface area contributed by atoms with Gasteiger partial charge in [0.1, 0.15) is 5.54 Å². The van der Waals surface area contributed by atoms with Gasteiger partial charge in [0, 0.05) is 15.9 Å². The first-order chi connectivity index (χ1) is 8.87. The molecule has 0 aliphatic carbocycles. The van der Waals surface area contributed by atoms with Gasteiger partial charge in [-0.3, -0.25) is 4.79 Å². The highest BCUT2D eigenvalue weighted by Gasteiger charge is 2.51. The Balaban J connectivity index is 2.37. The fourth-order valence-electron chi connectivity index (χ4n) is 2.45. The number of amides is 1. The molecule has 2 rings (SSSR count). The molecule has 0 aromatic heterocycles. The number of nitrogens with two attached hydrogens (primary N) is 1. The predicted octanol–water partition coefficient (Wildman–Crippen LogP) is 3.25. The molecule has 5 heteroatoms. The molecule has 1 atom stereocenters. The van der Waals surface area contributed by atoms with E-state index in [1.54, 1.807) is 11.8 Å². The van der Waals surface area contributed by atoms with Crippen molar-refractivity contribution in [2.24, 2.45) is 11.1 Å². The van der Waals surface area contributed by atoms with E-state index in [1.165, 1.54) is 0 Å². The van der Waals surface area contributed by atoms with Gasteiger partial charge in [0.2, 0.25) is 5.91 Å². The molecule has 1 aliphatic rings. The molecule has 1 aromatic carbocycles. The molecule has 3 nitrogen and oxygen atoms in total. The Hall–Kier alpha value is -0.680. The molecule has 19 heavy (non-hydrogen) atoms. The Morgan fingerprint density at radius 1 is 1.47 bits per heavy atom. The van der Waals surface area contributed by atoms with Gasteiger partial charge in [0.05, 0.1) is 0 Å². The molecule has 1 fully saturated rings. The second kappa shape index (κ2) is 5.37. The maximum Gasteiger partial charge on any atom is 0.244 e. The molecular weight excluding hydrogens is 324 g/mol. The first kappa shape index (κ1) is 14.7. The Labute approximate surface area is 126 Å². The maximum atomic E-state index is 12.1. The van der Waals surface area contributed by atoms with E-state index in [4.69, 9.17) is 5.73 Å². The summed E-state index contributed by atoms with van der Waals surface area (Å²) in [5, 5.41) is 3.40. The van der Waals surface area contributed by atoms with E-state index >= 15 is 0 Å². The van der Waals surface area contributed by atoms with Crippen molar-refractivity contribution in [2.75, 3.05) is 16.8 Å². The normalized spacial score (nSPS) is 25.8. The van der Waals surface area contributed by atoms with Gasteiger partial charge in [-0.25, -0.2) is 0 Å². The van der Waals surface area contributed by atoms with Crippen LogP contribution in [0.15, 0.2) is 28.7 Å². The quantitative estimate of drug-likeness (QED) is 0.886. The van der Waals surface area contributed by atoms with Crippen LogP contribution in [0, 0.1) is 5.41 Å². The molecule has 3 N–H and O–H groups in total. The molecule has 1 aliphatic heterocycles. The van der Waals surface area contributed by atoms with Crippen molar-refractivity contribution >= 4 is 39.3 Å². The fraction of sp³-hybridized carbons (Fsp3) is 0.500.